The Labute approximate surface area is 107 Å². The summed E-state index contributed by atoms with van der Waals surface area (Å²) in [6.45, 7) is 4.79. The Kier molecular flexibility index (Phi) is 4.23. The summed E-state index contributed by atoms with van der Waals surface area (Å²) < 4.78 is 10.9. The Hall–Kier alpha value is -1.97. The fourth-order valence-electron chi connectivity index (χ4n) is 1.51. The predicted octanol–water partition coefficient (Wildman–Crippen LogP) is 3.46. The minimum atomic E-state index is 0.231. The molecule has 0 aliphatic rings. The van der Waals surface area contributed by atoms with E-state index < -0.39 is 0 Å². The molecule has 4 nitrogen and oxygen atoms in total. The summed E-state index contributed by atoms with van der Waals surface area (Å²) in [5.41, 5.74) is 1.01. The van der Waals surface area contributed by atoms with Crippen LogP contribution in [0, 0.1) is 0 Å². The van der Waals surface area contributed by atoms with Crippen molar-refractivity contribution in [3.8, 4) is 5.75 Å². The van der Waals surface area contributed by atoms with Gasteiger partial charge in [0, 0.05) is 11.8 Å². The molecule has 0 amide bonds. The number of nitrogens with zero attached hydrogens (tertiary/aromatic N) is 1. The van der Waals surface area contributed by atoms with E-state index in [1.54, 1.807) is 6.20 Å². The Morgan fingerprint density at radius 1 is 1.44 bits per heavy atom. The minimum Gasteiger partial charge on any atom is -0.491 e. The molecule has 2 rings (SSSR count). The number of nitrogens with one attached hydrogen (secondary N) is 1. The van der Waals surface area contributed by atoms with Gasteiger partial charge in [0.05, 0.1) is 18.8 Å². The van der Waals surface area contributed by atoms with Crippen molar-refractivity contribution in [2.24, 2.45) is 0 Å². The number of oxazole rings is 1. The molecule has 1 N–H and O–H groups in total. The van der Waals surface area contributed by atoms with Crippen LogP contribution in [-0.2, 0) is 6.54 Å². The first kappa shape index (κ1) is 12.5. The van der Waals surface area contributed by atoms with Crippen LogP contribution in [0.15, 0.2) is 41.3 Å². The Morgan fingerprint density at radius 2 is 2.33 bits per heavy atom. The summed E-state index contributed by atoms with van der Waals surface area (Å²) in [5.74, 6) is 1.69. The highest BCUT2D eigenvalue weighted by Gasteiger charge is 2.02. The van der Waals surface area contributed by atoms with Crippen LogP contribution in [0.5, 0.6) is 5.75 Å². The monoisotopic (exact) mass is 246 g/mol. The molecule has 0 radical (unpaired) electrons. The normalized spacial score (nSPS) is 12.1. The standard InChI is InChI=1S/C14H18N2O2/c1-3-11(2)18-13-6-4-5-12(7-13)16-9-14-8-15-10-17-14/h4-8,10-11,16H,3,9H2,1-2H3. The van der Waals surface area contributed by atoms with Gasteiger partial charge >= 0.3 is 0 Å². The van der Waals surface area contributed by atoms with E-state index in [1.807, 2.05) is 24.3 Å². The Morgan fingerprint density at radius 3 is 3.06 bits per heavy atom. The summed E-state index contributed by atoms with van der Waals surface area (Å²) in [5, 5.41) is 3.26. The quantitative estimate of drug-likeness (QED) is 0.847. The molecule has 0 saturated carbocycles. The highest BCUT2D eigenvalue weighted by Crippen LogP contribution is 2.19. The Balaban J connectivity index is 1.94. The zero-order chi connectivity index (χ0) is 12.8. The fourth-order valence-corrected chi connectivity index (χ4v) is 1.51. The molecule has 1 unspecified atom stereocenters. The second-order valence-electron chi connectivity index (χ2n) is 4.19. The molecule has 18 heavy (non-hydrogen) atoms. The summed E-state index contributed by atoms with van der Waals surface area (Å²) in [6, 6.07) is 7.93. The van der Waals surface area contributed by atoms with Crippen molar-refractivity contribution in [1.29, 1.82) is 0 Å². The van der Waals surface area contributed by atoms with Gasteiger partial charge in [0.2, 0.25) is 0 Å². The lowest BCUT2D eigenvalue weighted by Gasteiger charge is -2.13. The first-order chi connectivity index (χ1) is 8.78. The van der Waals surface area contributed by atoms with Crippen LogP contribution < -0.4 is 10.1 Å². The van der Waals surface area contributed by atoms with Crippen LogP contribution in [0.25, 0.3) is 0 Å². The highest BCUT2D eigenvalue weighted by molar-refractivity contribution is 5.48. The van der Waals surface area contributed by atoms with Gasteiger partial charge in [0.15, 0.2) is 6.39 Å². The molecule has 2 aromatic rings. The molecule has 0 saturated heterocycles. The maximum Gasteiger partial charge on any atom is 0.180 e. The van der Waals surface area contributed by atoms with Gasteiger partial charge in [-0.25, -0.2) is 4.98 Å². The summed E-state index contributed by atoms with van der Waals surface area (Å²) in [6.07, 6.45) is 4.36. The van der Waals surface area contributed by atoms with Crippen molar-refractivity contribution in [2.45, 2.75) is 32.9 Å². The van der Waals surface area contributed by atoms with E-state index in [9.17, 15) is 0 Å². The van der Waals surface area contributed by atoms with E-state index in [1.165, 1.54) is 6.39 Å². The summed E-state index contributed by atoms with van der Waals surface area (Å²) >= 11 is 0. The van der Waals surface area contributed by atoms with Crippen molar-refractivity contribution in [3.05, 3.63) is 42.6 Å². The van der Waals surface area contributed by atoms with E-state index in [0.717, 1.165) is 23.6 Å². The maximum atomic E-state index is 5.77. The maximum absolute atomic E-state index is 5.77. The second kappa shape index (κ2) is 6.10. The molecule has 1 heterocycles. The van der Waals surface area contributed by atoms with Gasteiger partial charge in [0.25, 0.3) is 0 Å². The molecule has 0 aliphatic carbocycles. The van der Waals surface area contributed by atoms with E-state index in [-0.39, 0.29) is 6.10 Å². The summed E-state index contributed by atoms with van der Waals surface area (Å²) in [4.78, 5) is 3.87. The highest BCUT2D eigenvalue weighted by atomic mass is 16.5. The molecule has 1 aromatic carbocycles. The van der Waals surface area contributed by atoms with Crippen molar-refractivity contribution in [3.63, 3.8) is 0 Å². The molecule has 0 spiro atoms. The van der Waals surface area contributed by atoms with E-state index in [0.29, 0.717) is 6.54 Å². The van der Waals surface area contributed by atoms with Crippen LogP contribution in [0.2, 0.25) is 0 Å². The van der Waals surface area contributed by atoms with Crippen LogP contribution >= 0.6 is 0 Å². The molecule has 1 aromatic heterocycles. The second-order valence-corrected chi connectivity index (χ2v) is 4.19. The van der Waals surface area contributed by atoms with Gasteiger partial charge in [-0.05, 0) is 25.5 Å². The number of benzene rings is 1. The predicted molar refractivity (Wildman–Crippen MR) is 70.7 cm³/mol. The summed E-state index contributed by atoms with van der Waals surface area (Å²) in [7, 11) is 0. The molecule has 96 valence electrons. The average Bonchev–Trinajstić information content (AvgIpc) is 2.90. The third-order valence-electron chi connectivity index (χ3n) is 2.70. The molecule has 0 bridgehead atoms. The van der Waals surface area contributed by atoms with Crippen LogP contribution in [0.3, 0.4) is 0 Å². The number of ether oxygens (including phenoxy) is 1. The van der Waals surface area contributed by atoms with Crippen molar-refractivity contribution >= 4 is 5.69 Å². The average molecular weight is 246 g/mol. The lowest BCUT2D eigenvalue weighted by molar-refractivity contribution is 0.217. The van der Waals surface area contributed by atoms with Gasteiger partial charge in [0.1, 0.15) is 11.5 Å². The number of rotatable bonds is 6. The van der Waals surface area contributed by atoms with Crippen LogP contribution in [0.1, 0.15) is 26.0 Å². The first-order valence-electron chi connectivity index (χ1n) is 6.16. The third kappa shape index (κ3) is 3.52. The van der Waals surface area contributed by atoms with Crippen molar-refractivity contribution in [1.82, 2.24) is 4.98 Å². The van der Waals surface area contributed by atoms with Crippen LogP contribution in [-0.4, -0.2) is 11.1 Å². The van der Waals surface area contributed by atoms with Gasteiger partial charge in [-0.2, -0.15) is 0 Å². The van der Waals surface area contributed by atoms with E-state index >= 15 is 0 Å². The van der Waals surface area contributed by atoms with Gasteiger partial charge in [-0.15, -0.1) is 0 Å². The topological polar surface area (TPSA) is 47.3 Å². The lowest BCUT2D eigenvalue weighted by Crippen LogP contribution is -2.09. The zero-order valence-electron chi connectivity index (χ0n) is 10.7. The number of aromatic nitrogens is 1. The SMILES string of the molecule is CCC(C)Oc1cccc(NCc2cnco2)c1. The molecular formula is C14H18N2O2. The fraction of sp³-hybridized carbons (Fsp3) is 0.357. The van der Waals surface area contributed by atoms with Gasteiger partial charge in [-0.1, -0.05) is 13.0 Å². The third-order valence-corrected chi connectivity index (χ3v) is 2.70. The molecule has 0 aliphatic heterocycles. The first-order valence-corrected chi connectivity index (χ1v) is 6.16. The number of hydrogen-bond acceptors (Lipinski definition) is 4. The smallest absolute Gasteiger partial charge is 0.180 e. The molecule has 1 atom stereocenters. The number of hydrogen-bond donors (Lipinski definition) is 1. The van der Waals surface area contributed by atoms with Crippen molar-refractivity contribution < 1.29 is 9.15 Å². The van der Waals surface area contributed by atoms with Crippen LogP contribution in [0.4, 0.5) is 5.69 Å². The van der Waals surface area contributed by atoms with E-state index in [4.69, 9.17) is 9.15 Å². The minimum absolute atomic E-state index is 0.231. The zero-order valence-corrected chi connectivity index (χ0v) is 10.7. The largest absolute Gasteiger partial charge is 0.491 e. The van der Waals surface area contributed by atoms with Crippen molar-refractivity contribution in [2.75, 3.05) is 5.32 Å². The molecular weight excluding hydrogens is 228 g/mol. The molecule has 4 heteroatoms. The Bertz CT molecular complexity index is 468. The van der Waals surface area contributed by atoms with Gasteiger partial charge in [-0.3, -0.25) is 0 Å². The lowest BCUT2D eigenvalue weighted by atomic mass is 10.2. The molecule has 0 fully saturated rings. The number of anilines is 1. The van der Waals surface area contributed by atoms with Gasteiger partial charge < -0.3 is 14.5 Å². The van der Waals surface area contributed by atoms with E-state index in [2.05, 4.69) is 24.1 Å².